The summed E-state index contributed by atoms with van der Waals surface area (Å²) in [5, 5.41) is 4.20. The summed E-state index contributed by atoms with van der Waals surface area (Å²) in [5.74, 6) is 0.794. The number of halogens is 2. The first kappa shape index (κ1) is 21.7. The number of carbonyl (C=O) groups is 1. The van der Waals surface area contributed by atoms with Crippen LogP contribution in [0.2, 0.25) is 0 Å². The van der Waals surface area contributed by atoms with Crippen molar-refractivity contribution < 1.29 is 14.3 Å². The SMILES string of the molecule is CC(C)CC(=O)OC(C(Oc1ccc(Br)cc1)n1cncn1)C(C)(C)CCl. The van der Waals surface area contributed by atoms with Crippen LogP contribution >= 0.6 is 27.5 Å². The maximum absolute atomic E-state index is 12.4. The normalized spacial score (nSPS) is 14.0. The van der Waals surface area contributed by atoms with Crippen molar-refractivity contribution in [1.29, 1.82) is 0 Å². The summed E-state index contributed by atoms with van der Waals surface area (Å²) in [7, 11) is 0. The Bertz CT molecular complexity index is 720. The molecule has 1 aromatic heterocycles. The van der Waals surface area contributed by atoms with Crippen LogP contribution in [0.15, 0.2) is 41.4 Å². The van der Waals surface area contributed by atoms with Gasteiger partial charge in [-0.2, -0.15) is 5.10 Å². The zero-order valence-electron chi connectivity index (χ0n) is 15.9. The van der Waals surface area contributed by atoms with Gasteiger partial charge in [-0.1, -0.05) is 43.6 Å². The van der Waals surface area contributed by atoms with Gasteiger partial charge >= 0.3 is 5.97 Å². The molecule has 2 unspecified atom stereocenters. The summed E-state index contributed by atoms with van der Waals surface area (Å²) in [6.07, 6.45) is 1.90. The Morgan fingerprint density at radius 3 is 2.48 bits per heavy atom. The summed E-state index contributed by atoms with van der Waals surface area (Å²) in [4.78, 5) is 16.4. The van der Waals surface area contributed by atoms with Crippen molar-refractivity contribution in [3.8, 4) is 5.75 Å². The Morgan fingerprint density at radius 1 is 1.30 bits per heavy atom. The molecule has 0 bridgehead atoms. The van der Waals surface area contributed by atoms with Gasteiger partial charge in [-0.05, 0) is 30.2 Å². The number of benzene rings is 1. The highest BCUT2D eigenvalue weighted by atomic mass is 79.9. The van der Waals surface area contributed by atoms with E-state index in [0.717, 1.165) is 4.47 Å². The van der Waals surface area contributed by atoms with Gasteiger partial charge in [0.25, 0.3) is 0 Å². The summed E-state index contributed by atoms with van der Waals surface area (Å²) in [5.41, 5.74) is -0.555. The molecule has 0 N–H and O–H groups in total. The lowest BCUT2D eigenvalue weighted by Gasteiger charge is -2.37. The molecule has 2 rings (SSSR count). The van der Waals surface area contributed by atoms with Crippen LogP contribution < -0.4 is 4.74 Å². The first-order valence-corrected chi connectivity index (χ1v) is 10.1. The van der Waals surface area contributed by atoms with Crippen molar-refractivity contribution in [2.24, 2.45) is 11.3 Å². The number of esters is 1. The molecule has 8 heteroatoms. The van der Waals surface area contributed by atoms with Gasteiger partial charge < -0.3 is 9.47 Å². The van der Waals surface area contributed by atoms with E-state index in [1.165, 1.54) is 12.7 Å². The minimum atomic E-state index is -0.710. The molecular formula is C19H25BrClN3O3. The fourth-order valence-corrected chi connectivity index (χ4v) is 2.88. The molecule has 1 heterocycles. The molecule has 1 aromatic carbocycles. The summed E-state index contributed by atoms with van der Waals surface area (Å²) in [6, 6.07) is 7.41. The predicted molar refractivity (Wildman–Crippen MR) is 108 cm³/mol. The van der Waals surface area contributed by atoms with E-state index in [1.807, 2.05) is 52.0 Å². The van der Waals surface area contributed by atoms with Crippen LogP contribution in [-0.4, -0.2) is 32.7 Å². The average molecular weight is 459 g/mol. The van der Waals surface area contributed by atoms with Crippen molar-refractivity contribution in [3.63, 3.8) is 0 Å². The highest BCUT2D eigenvalue weighted by molar-refractivity contribution is 9.10. The molecule has 0 amide bonds. The van der Waals surface area contributed by atoms with E-state index in [4.69, 9.17) is 21.1 Å². The van der Waals surface area contributed by atoms with Gasteiger partial charge in [0.1, 0.15) is 18.4 Å². The van der Waals surface area contributed by atoms with Gasteiger partial charge in [-0.15, -0.1) is 11.6 Å². The zero-order chi connectivity index (χ0) is 20.0. The molecule has 0 aliphatic heterocycles. The smallest absolute Gasteiger partial charge is 0.306 e. The third-order valence-corrected chi connectivity index (χ3v) is 5.19. The first-order valence-electron chi connectivity index (χ1n) is 8.74. The van der Waals surface area contributed by atoms with E-state index in [-0.39, 0.29) is 17.8 Å². The molecule has 0 radical (unpaired) electrons. The van der Waals surface area contributed by atoms with Crippen molar-refractivity contribution in [1.82, 2.24) is 14.8 Å². The van der Waals surface area contributed by atoms with Gasteiger partial charge in [0, 0.05) is 22.2 Å². The van der Waals surface area contributed by atoms with Crippen LogP contribution in [-0.2, 0) is 9.53 Å². The molecule has 0 fully saturated rings. The van der Waals surface area contributed by atoms with E-state index in [1.54, 1.807) is 4.68 Å². The molecule has 0 spiro atoms. The minimum absolute atomic E-state index is 0.189. The number of hydrogen-bond donors (Lipinski definition) is 0. The maximum atomic E-state index is 12.4. The molecule has 27 heavy (non-hydrogen) atoms. The summed E-state index contributed by atoms with van der Waals surface area (Å²) >= 11 is 9.62. The number of hydrogen-bond acceptors (Lipinski definition) is 5. The van der Waals surface area contributed by atoms with E-state index in [0.29, 0.717) is 12.2 Å². The largest absolute Gasteiger partial charge is 0.465 e. The quantitative estimate of drug-likeness (QED) is 0.397. The van der Waals surface area contributed by atoms with Crippen LogP contribution in [0.3, 0.4) is 0 Å². The molecule has 2 atom stereocenters. The highest BCUT2D eigenvalue weighted by Gasteiger charge is 2.41. The van der Waals surface area contributed by atoms with Crippen LogP contribution in [0.25, 0.3) is 0 Å². The standard InChI is InChI=1S/C19H25BrClN3O3/c1-13(2)9-16(25)27-17(19(3,4)10-21)18(24-12-22-11-23-24)26-15-7-5-14(20)6-8-15/h5-8,11-13,17-18H,9-10H2,1-4H3. The van der Waals surface area contributed by atoms with E-state index in [9.17, 15) is 4.79 Å². The van der Waals surface area contributed by atoms with E-state index >= 15 is 0 Å². The number of ether oxygens (including phenoxy) is 2. The fraction of sp³-hybridized carbons (Fsp3) is 0.526. The Morgan fingerprint density at radius 2 is 1.96 bits per heavy atom. The van der Waals surface area contributed by atoms with Crippen molar-refractivity contribution in [3.05, 3.63) is 41.4 Å². The Hall–Kier alpha value is -1.60. The molecule has 6 nitrogen and oxygen atoms in total. The van der Waals surface area contributed by atoms with Crippen LogP contribution in [0.5, 0.6) is 5.75 Å². The monoisotopic (exact) mass is 457 g/mol. The van der Waals surface area contributed by atoms with Crippen molar-refractivity contribution in [2.45, 2.75) is 46.4 Å². The van der Waals surface area contributed by atoms with Gasteiger partial charge in [0.05, 0.1) is 0 Å². The van der Waals surface area contributed by atoms with Crippen molar-refractivity contribution in [2.75, 3.05) is 5.88 Å². The van der Waals surface area contributed by atoms with Gasteiger partial charge in [-0.3, -0.25) is 4.79 Å². The molecule has 0 aliphatic rings. The number of carbonyl (C=O) groups excluding carboxylic acids is 1. The Labute approximate surface area is 173 Å². The molecule has 0 saturated carbocycles. The number of aromatic nitrogens is 3. The lowest BCUT2D eigenvalue weighted by Crippen LogP contribution is -2.45. The van der Waals surface area contributed by atoms with Crippen LogP contribution in [0.4, 0.5) is 0 Å². The van der Waals surface area contributed by atoms with E-state index in [2.05, 4.69) is 26.0 Å². The van der Waals surface area contributed by atoms with Gasteiger partial charge in [0.2, 0.25) is 6.23 Å². The van der Waals surface area contributed by atoms with Gasteiger partial charge in [-0.25, -0.2) is 9.67 Å². The average Bonchev–Trinajstić information content (AvgIpc) is 3.13. The minimum Gasteiger partial charge on any atom is -0.465 e. The second kappa shape index (κ2) is 9.55. The number of nitrogens with zero attached hydrogens (tertiary/aromatic N) is 3. The molecular weight excluding hydrogens is 434 g/mol. The zero-order valence-corrected chi connectivity index (χ0v) is 18.3. The molecule has 0 aliphatic carbocycles. The maximum Gasteiger partial charge on any atom is 0.306 e. The van der Waals surface area contributed by atoms with Crippen LogP contribution in [0, 0.1) is 11.3 Å². The molecule has 0 saturated heterocycles. The summed E-state index contributed by atoms with van der Waals surface area (Å²) in [6.45, 7) is 7.80. The number of rotatable bonds is 9. The third-order valence-electron chi connectivity index (χ3n) is 3.97. The molecule has 148 valence electrons. The topological polar surface area (TPSA) is 66.2 Å². The predicted octanol–water partition coefficient (Wildman–Crippen LogP) is 4.84. The van der Waals surface area contributed by atoms with Crippen molar-refractivity contribution >= 4 is 33.5 Å². The second-order valence-corrected chi connectivity index (χ2v) is 8.65. The fourth-order valence-electron chi connectivity index (χ4n) is 2.46. The lowest BCUT2D eigenvalue weighted by molar-refractivity contribution is -0.169. The summed E-state index contributed by atoms with van der Waals surface area (Å²) < 4.78 is 14.5. The molecule has 2 aromatic rings. The second-order valence-electron chi connectivity index (χ2n) is 7.47. The third kappa shape index (κ3) is 6.21. The Kier molecular flexibility index (Phi) is 7.68. The number of alkyl halides is 1. The van der Waals surface area contributed by atoms with Crippen LogP contribution in [0.1, 0.15) is 40.3 Å². The van der Waals surface area contributed by atoms with E-state index < -0.39 is 17.7 Å². The van der Waals surface area contributed by atoms with Gasteiger partial charge in [0.15, 0.2) is 6.10 Å². The first-order chi connectivity index (χ1) is 12.7. The Balaban J connectivity index is 2.36. The lowest BCUT2D eigenvalue weighted by atomic mass is 9.87. The highest BCUT2D eigenvalue weighted by Crippen LogP contribution is 2.35.